The summed E-state index contributed by atoms with van der Waals surface area (Å²) in [6.07, 6.45) is 8.42. The Morgan fingerprint density at radius 3 is 2.69 bits per heavy atom. The fourth-order valence-corrected chi connectivity index (χ4v) is 5.17. The molecule has 218 valence electrons. The number of halogens is 1. The zero-order valence-electron chi connectivity index (χ0n) is 26.2. The molecule has 1 atom stereocenters. The standard InChI is InChI=1S/C27H31FN12O2/c1-15-9-21(38-37-15)34-24-19-11-31-39(3)25(19)36-23(35-24)17-5-7-27(42-4,8-6-17)26(41)33-16(2)20-12-30-22(13-29-20)40-14-18(28)10-32-40/h9-14,16-17H,5-8H2,1-4H3,(H,33,41)(H2,34,35,36,37,38)/t16-,17?,27?/m0/s1/i3D3. The Morgan fingerprint density at radius 1 is 1.21 bits per heavy atom. The zero-order valence-corrected chi connectivity index (χ0v) is 23.2. The van der Waals surface area contributed by atoms with Gasteiger partial charge in [-0.05, 0) is 39.5 Å². The molecule has 1 amide bonds. The molecular weight excluding hydrogens is 543 g/mol. The first-order valence-corrected chi connectivity index (χ1v) is 13.4. The third-order valence-corrected chi connectivity index (χ3v) is 7.60. The molecule has 6 rings (SSSR count). The van der Waals surface area contributed by atoms with E-state index in [0.717, 1.165) is 16.6 Å². The van der Waals surface area contributed by atoms with Crippen molar-refractivity contribution in [3.05, 3.63) is 60.1 Å². The Kier molecular flexibility index (Phi) is 6.19. The van der Waals surface area contributed by atoms with E-state index in [4.69, 9.17) is 13.8 Å². The van der Waals surface area contributed by atoms with Crippen LogP contribution in [0.1, 0.15) is 65.9 Å². The first-order chi connectivity index (χ1) is 21.5. The number of nitrogens with zero attached hydrogens (tertiary/aromatic N) is 9. The minimum atomic E-state index is -2.54. The number of H-pyrrole nitrogens is 1. The van der Waals surface area contributed by atoms with Crippen LogP contribution < -0.4 is 10.6 Å². The van der Waals surface area contributed by atoms with Gasteiger partial charge in [-0.3, -0.25) is 19.6 Å². The van der Waals surface area contributed by atoms with E-state index in [1.54, 1.807) is 13.0 Å². The Bertz CT molecular complexity index is 1830. The van der Waals surface area contributed by atoms with Gasteiger partial charge >= 0.3 is 0 Å². The number of aromatic amines is 1. The van der Waals surface area contributed by atoms with Gasteiger partial charge in [0.05, 0.1) is 48.1 Å². The molecule has 0 radical (unpaired) electrons. The molecule has 5 aromatic rings. The van der Waals surface area contributed by atoms with Crippen LogP contribution in [0.5, 0.6) is 0 Å². The van der Waals surface area contributed by atoms with E-state index in [1.807, 2.05) is 6.92 Å². The minimum Gasteiger partial charge on any atom is -0.368 e. The predicted octanol–water partition coefficient (Wildman–Crippen LogP) is 3.17. The molecule has 1 saturated carbocycles. The van der Waals surface area contributed by atoms with Gasteiger partial charge in [-0.1, -0.05) is 0 Å². The smallest absolute Gasteiger partial charge is 0.252 e. The molecule has 0 saturated heterocycles. The summed E-state index contributed by atoms with van der Waals surface area (Å²) in [6, 6.07) is 1.32. The summed E-state index contributed by atoms with van der Waals surface area (Å²) >= 11 is 0. The van der Waals surface area contributed by atoms with Crippen molar-refractivity contribution in [1.29, 1.82) is 0 Å². The molecule has 0 aromatic carbocycles. The van der Waals surface area contributed by atoms with Crippen LogP contribution in [0.4, 0.5) is 16.0 Å². The summed E-state index contributed by atoms with van der Waals surface area (Å²) in [5.41, 5.74) is 0.434. The summed E-state index contributed by atoms with van der Waals surface area (Å²) in [6.45, 7) is 1.11. The van der Waals surface area contributed by atoms with Crippen molar-refractivity contribution < 1.29 is 18.0 Å². The van der Waals surface area contributed by atoms with Crippen LogP contribution in [0.3, 0.4) is 0 Å². The lowest BCUT2D eigenvalue weighted by Gasteiger charge is -2.38. The second kappa shape index (κ2) is 10.9. The molecule has 1 aliphatic rings. The minimum absolute atomic E-state index is 0.171. The molecule has 0 aliphatic heterocycles. The quantitative estimate of drug-likeness (QED) is 0.249. The second-order valence-electron chi connectivity index (χ2n) is 10.4. The number of carbonyl (C=O) groups excluding carboxylic acids is 1. The van der Waals surface area contributed by atoms with E-state index in [2.05, 4.69) is 46.0 Å². The van der Waals surface area contributed by atoms with Crippen LogP contribution in [0.15, 0.2) is 37.1 Å². The van der Waals surface area contributed by atoms with E-state index in [9.17, 15) is 9.18 Å². The largest absolute Gasteiger partial charge is 0.368 e. The van der Waals surface area contributed by atoms with Crippen molar-refractivity contribution in [2.75, 3.05) is 12.4 Å². The van der Waals surface area contributed by atoms with Gasteiger partial charge < -0.3 is 15.4 Å². The number of ether oxygens (including phenoxy) is 1. The molecular formula is C27H31FN12O2. The number of nitrogens with one attached hydrogen (secondary N) is 3. The molecule has 5 heterocycles. The highest BCUT2D eigenvalue weighted by Gasteiger charge is 2.43. The second-order valence-corrected chi connectivity index (χ2v) is 10.4. The Balaban J connectivity index is 1.19. The lowest BCUT2D eigenvalue weighted by atomic mass is 9.77. The fraction of sp³-hybridized carbons (Fsp3) is 0.407. The van der Waals surface area contributed by atoms with Crippen LogP contribution in [0, 0.1) is 12.7 Å². The van der Waals surface area contributed by atoms with Crippen LogP contribution in [0.25, 0.3) is 16.9 Å². The maximum atomic E-state index is 13.6. The van der Waals surface area contributed by atoms with Crippen LogP contribution >= 0.6 is 0 Å². The average Bonchev–Trinajstić information content (AvgIpc) is 3.76. The third kappa shape index (κ3) is 5.18. The number of fused-ring (bicyclic) bond motifs is 1. The van der Waals surface area contributed by atoms with Gasteiger partial charge in [0.15, 0.2) is 23.1 Å². The Hall–Kier alpha value is -4.79. The first-order valence-electron chi connectivity index (χ1n) is 14.9. The first kappa shape index (κ1) is 23.9. The monoisotopic (exact) mass is 577 g/mol. The van der Waals surface area contributed by atoms with Crippen LogP contribution in [-0.4, -0.2) is 68.3 Å². The molecule has 1 aliphatic carbocycles. The van der Waals surface area contributed by atoms with Gasteiger partial charge in [-0.25, -0.2) is 24.0 Å². The van der Waals surface area contributed by atoms with E-state index < -0.39 is 24.4 Å². The molecule has 1 fully saturated rings. The lowest BCUT2D eigenvalue weighted by Crippen LogP contribution is -2.51. The average molecular weight is 578 g/mol. The number of amides is 1. The van der Waals surface area contributed by atoms with Crippen molar-refractivity contribution >= 4 is 28.6 Å². The van der Waals surface area contributed by atoms with Gasteiger partial charge in [0.1, 0.15) is 17.2 Å². The van der Waals surface area contributed by atoms with Crippen molar-refractivity contribution in [3.8, 4) is 5.82 Å². The maximum Gasteiger partial charge on any atom is 0.252 e. The SMILES string of the molecule is [2H]C([2H])([2H])n1ncc2c(Nc3cc(C)[nH]n3)nc(C3CCC(OC)(C(=O)N[C@@H](C)c4cnc(-n5cc(F)cn5)cn4)CC3)nc21. The summed E-state index contributed by atoms with van der Waals surface area (Å²) in [5, 5.41) is 21.6. The molecule has 0 unspecified atom stereocenters. The van der Waals surface area contributed by atoms with E-state index in [1.165, 1.54) is 36.6 Å². The van der Waals surface area contributed by atoms with Gasteiger partial charge in [0, 0.05) is 35.9 Å². The molecule has 0 bridgehead atoms. The Labute approximate surface area is 244 Å². The highest BCUT2D eigenvalue weighted by Crippen LogP contribution is 2.40. The topological polar surface area (TPSA) is 166 Å². The van der Waals surface area contributed by atoms with Gasteiger partial charge in [0.2, 0.25) is 0 Å². The zero-order chi connectivity index (χ0) is 31.9. The van der Waals surface area contributed by atoms with Crippen molar-refractivity contribution in [1.82, 2.24) is 55.0 Å². The number of aromatic nitrogens is 10. The molecule has 0 spiro atoms. The van der Waals surface area contributed by atoms with E-state index in [-0.39, 0.29) is 17.5 Å². The van der Waals surface area contributed by atoms with Gasteiger partial charge in [0.25, 0.3) is 5.91 Å². The normalized spacial score (nSPS) is 21.0. The summed E-state index contributed by atoms with van der Waals surface area (Å²) in [5.74, 6) is 0.734. The molecule has 42 heavy (non-hydrogen) atoms. The predicted molar refractivity (Wildman–Crippen MR) is 150 cm³/mol. The van der Waals surface area contributed by atoms with Gasteiger partial charge in [-0.15, -0.1) is 0 Å². The summed E-state index contributed by atoms with van der Waals surface area (Å²) in [4.78, 5) is 31.6. The van der Waals surface area contributed by atoms with Crippen molar-refractivity contribution in [3.63, 3.8) is 0 Å². The number of rotatable bonds is 8. The molecule has 5 aromatic heterocycles. The lowest BCUT2D eigenvalue weighted by molar-refractivity contribution is -0.148. The van der Waals surface area contributed by atoms with Crippen LogP contribution in [-0.2, 0) is 16.5 Å². The molecule has 15 heteroatoms. The molecule has 14 nitrogen and oxygen atoms in total. The third-order valence-electron chi connectivity index (χ3n) is 7.60. The van der Waals surface area contributed by atoms with Gasteiger partial charge in [-0.2, -0.15) is 15.3 Å². The highest BCUT2D eigenvalue weighted by atomic mass is 19.1. The number of anilines is 2. The number of hydrogen-bond acceptors (Lipinski definition) is 10. The van der Waals surface area contributed by atoms with Crippen LogP contribution in [0.2, 0.25) is 0 Å². The fourth-order valence-electron chi connectivity index (χ4n) is 5.17. The number of methoxy groups -OCH3 is 1. The number of carbonyl (C=O) groups is 1. The van der Waals surface area contributed by atoms with Crippen molar-refractivity contribution in [2.24, 2.45) is 6.98 Å². The summed E-state index contributed by atoms with van der Waals surface area (Å²) < 4.78 is 45.1. The summed E-state index contributed by atoms with van der Waals surface area (Å²) in [7, 11) is 1.51. The Morgan fingerprint density at radius 2 is 2.05 bits per heavy atom. The van der Waals surface area contributed by atoms with Crippen molar-refractivity contribution in [2.45, 2.75) is 57.1 Å². The van der Waals surface area contributed by atoms with E-state index >= 15 is 0 Å². The maximum absolute atomic E-state index is 13.6. The number of hydrogen-bond donors (Lipinski definition) is 3. The van der Waals surface area contributed by atoms with E-state index in [0.29, 0.717) is 60.0 Å². The highest BCUT2D eigenvalue weighted by molar-refractivity contribution is 5.88. The molecule has 3 N–H and O–H groups in total. The number of aryl methyl sites for hydroxylation is 2.